The molecule has 0 aliphatic rings. The molecule has 0 saturated heterocycles. The lowest BCUT2D eigenvalue weighted by Gasteiger charge is -2.08. The molecule has 0 saturated carbocycles. The summed E-state index contributed by atoms with van der Waals surface area (Å²) in [6, 6.07) is 0. The number of carbonyl (C=O) groups is 1. The molecule has 0 rings (SSSR count). The number of halogens is 3. The van der Waals surface area contributed by atoms with Crippen LogP contribution in [0, 0.1) is 0 Å². The van der Waals surface area contributed by atoms with Crippen LogP contribution in [0.4, 0.5) is 13.2 Å². The fourth-order valence-electron chi connectivity index (χ4n) is 0.582. The average Bonchev–Trinajstić information content (AvgIpc) is 1.98. The molecule has 0 aromatic heterocycles. The lowest BCUT2D eigenvalue weighted by Crippen LogP contribution is -2.23. The van der Waals surface area contributed by atoms with Crippen LogP contribution in [-0.2, 0) is 14.3 Å². The minimum atomic E-state index is -4.39. The Morgan fingerprint density at radius 1 is 1.29 bits per heavy atom. The van der Waals surface area contributed by atoms with E-state index >= 15 is 0 Å². The van der Waals surface area contributed by atoms with Crippen LogP contribution in [0.2, 0.25) is 0 Å². The molecule has 84 valence electrons. The van der Waals surface area contributed by atoms with E-state index in [1.54, 1.807) is 13.8 Å². The predicted octanol–water partition coefficient (Wildman–Crippen LogP) is 1.56. The van der Waals surface area contributed by atoms with Gasteiger partial charge in [-0.15, -0.1) is 0 Å². The van der Waals surface area contributed by atoms with Crippen molar-refractivity contribution in [1.82, 2.24) is 0 Å². The lowest BCUT2D eigenvalue weighted by molar-refractivity contribution is -0.176. The third-order valence-corrected chi connectivity index (χ3v) is 1.11. The van der Waals surface area contributed by atoms with Crippen molar-refractivity contribution in [2.75, 3.05) is 19.8 Å². The number of hydrogen-bond acceptors (Lipinski definition) is 3. The molecule has 0 aliphatic heterocycles. The summed E-state index contributed by atoms with van der Waals surface area (Å²) in [6.07, 6.45) is -4.51. The van der Waals surface area contributed by atoms with Crippen LogP contribution in [-0.4, -0.2) is 37.9 Å². The molecule has 0 aliphatic carbocycles. The molecule has 0 heterocycles. The lowest BCUT2D eigenvalue weighted by atomic mass is 10.4. The second kappa shape index (κ2) is 5.98. The van der Waals surface area contributed by atoms with Gasteiger partial charge in [0.2, 0.25) is 0 Å². The standard InChI is InChI=1S/C8H13F3O3/c1-6(2)14-4-7(12)3-13-5-8(9,10)11/h6H,3-5H2,1-2H3. The molecule has 3 nitrogen and oxygen atoms in total. The molecule has 6 heteroatoms. The normalized spacial score (nSPS) is 12.1. The number of alkyl halides is 3. The number of hydrogen-bond donors (Lipinski definition) is 0. The van der Waals surface area contributed by atoms with Gasteiger partial charge in [0.1, 0.15) is 19.8 Å². The van der Waals surface area contributed by atoms with Gasteiger partial charge in [0, 0.05) is 0 Å². The molecular weight excluding hydrogens is 201 g/mol. The Bertz CT molecular complexity index is 177. The Morgan fingerprint density at radius 2 is 1.86 bits per heavy atom. The molecule has 0 bridgehead atoms. The van der Waals surface area contributed by atoms with Crippen LogP contribution in [0.15, 0.2) is 0 Å². The van der Waals surface area contributed by atoms with Crippen LogP contribution in [0.3, 0.4) is 0 Å². The van der Waals surface area contributed by atoms with E-state index in [-0.39, 0.29) is 12.7 Å². The van der Waals surface area contributed by atoms with Crippen molar-refractivity contribution in [2.45, 2.75) is 26.1 Å². The molecule has 0 aromatic rings. The molecule has 0 radical (unpaired) electrons. The van der Waals surface area contributed by atoms with Crippen LogP contribution in [0.25, 0.3) is 0 Å². The minimum Gasteiger partial charge on any atom is -0.371 e. The van der Waals surface area contributed by atoms with Gasteiger partial charge in [-0.25, -0.2) is 0 Å². The maximum absolute atomic E-state index is 11.6. The second-order valence-corrected chi connectivity index (χ2v) is 3.01. The van der Waals surface area contributed by atoms with Gasteiger partial charge >= 0.3 is 6.18 Å². The second-order valence-electron chi connectivity index (χ2n) is 3.01. The number of carbonyl (C=O) groups excluding carboxylic acids is 1. The maximum Gasteiger partial charge on any atom is 0.411 e. The van der Waals surface area contributed by atoms with Crippen LogP contribution < -0.4 is 0 Å². The summed E-state index contributed by atoms with van der Waals surface area (Å²) in [5, 5.41) is 0. The summed E-state index contributed by atoms with van der Waals surface area (Å²) in [5.74, 6) is -0.497. The van der Waals surface area contributed by atoms with Gasteiger partial charge < -0.3 is 9.47 Å². The van der Waals surface area contributed by atoms with Gasteiger partial charge in [-0.3, -0.25) is 4.79 Å². The van der Waals surface area contributed by atoms with E-state index in [0.29, 0.717) is 0 Å². The molecule has 0 atom stereocenters. The largest absolute Gasteiger partial charge is 0.411 e. The van der Waals surface area contributed by atoms with E-state index in [4.69, 9.17) is 4.74 Å². The molecule has 0 spiro atoms. The van der Waals surface area contributed by atoms with Crippen molar-refractivity contribution in [3.8, 4) is 0 Å². The van der Waals surface area contributed by atoms with Crippen molar-refractivity contribution in [1.29, 1.82) is 0 Å². The van der Waals surface area contributed by atoms with E-state index in [9.17, 15) is 18.0 Å². The zero-order valence-electron chi connectivity index (χ0n) is 8.06. The summed E-state index contributed by atoms with van der Waals surface area (Å²) >= 11 is 0. The first kappa shape index (κ1) is 13.4. The highest BCUT2D eigenvalue weighted by molar-refractivity contribution is 5.80. The highest BCUT2D eigenvalue weighted by Crippen LogP contribution is 2.14. The Labute approximate surface area is 80.2 Å². The highest BCUT2D eigenvalue weighted by atomic mass is 19.4. The van der Waals surface area contributed by atoms with E-state index in [1.165, 1.54) is 0 Å². The molecule has 0 unspecified atom stereocenters. The third kappa shape index (κ3) is 9.47. The molecule has 0 aromatic carbocycles. The van der Waals surface area contributed by atoms with Gasteiger partial charge in [0.05, 0.1) is 6.10 Å². The Kier molecular flexibility index (Phi) is 5.71. The molecule has 0 fully saturated rings. The first-order valence-corrected chi connectivity index (χ1v) is 4.09. The first-order valence-electron chi connectivity index (χ1n) is 4.09. The number of rotatable bonds is 6. The van der Waals surface area contributed by atoms with E-state index < -0.39 is 25.2 Å². The Morgan fingerprint density at radius 3 is 2.29 bits per heavy atom. The van der Waals surface area contributed by atoms with Crippen molar-refractivity contribution < 1.29 is 27.4 Å². The van der Waals surface area contributed by atoms with Crippen molar-refractivity contribution in [3.63, 3.8) is 0 Å². The van der Waals surface area contributed by atoms with E-state index in [0.717, 1.165) is 0 Å². The summed E-state index contributed by atoms with van der Waals surface area (Å²) in [6.45, 7) is 1.27. The molecular formula is C8H13F3O3. The number of Topliss-reactive ketones (excluding diaryl/α,β-unsaturated/α-hetero) is 1. The Balaban J connectivity index is 3.46. The fourth-order valence-corrected chi connectivity index (χ4v) is 0.582. The Hall–Kier alpha value is -0.620. The highest BCUT2D eigenvalue weighted by Gasteiger charge is 2.27. The number of ketones is 1. The number of ether oxygens (including phenoxy) is 2. The zero-order chi connectivity index (χ0) is 11.2. The maximum atomic E-state index is 11.6. The first-order chi connectivity index (χ1) is 6.31. The van der Waals surface area contributed by atoms with Gasteiger partial charge in [-0.2, -0.15) is 13.2 Å². The van der Waals surface area contributed by atoms with Crippen LogP contribution in [0.1, 0.15) is 13.8 Å². The van der Waals surface area contributed by atoms with Crippen molar-refractivity contribution in [3.05, 3.63) is 0 Å². The van der Waals surface area contributed by atoms with Gasteiger partial charge in [-0.05, 0) is 13.8 Å². The smallest absolute Gasteiger partial charge is 0.371 e. The predicted molar refractivity (Wildman–Crippen MR) is 43.0 cm³/mol. The summed E-state index contributed by atoms with van der Waals surface area (Å²) in [5.41, 5.74) is 0. The van der Waals surface area contributed by atoms with E-state index in [2.05, 4.69) is 4.74 Å². The molecule has 14 heavy (non-hydrogen) atoms. The molecule has 0 N–H and O–H groups in total. The van der Waals surface area contributed by atoms with Gasteiger partial charge in [0.15, 0.2) is 5.78 Å². The fraction of sp³-hybridized carbons (Fsp3) is 0.875. The van der Waals surface area contributed by atoms with Gasteiger partial charge in [-0.1, -0.05) is 0 Å². The SMILES string of the molecule is CC(C)OCC(=O)COCC(F)(F)F. The quantitative estimate of drug-likeness (QED) is 0.673. The molecule has 0 amide bonds. The van der Waals surface area contributed by atoms with Gasteiger partial charge in [0.25, 0.3) is 0 Å². The van der Waals surface area contributed by atoms with Crippen molar-refractivity contribution in [2.24, 2.45) is 0 Å². The summed E-state index contributed by atoms with van der Waals surface area (Å²) < 4.78 is 43.7. The topological polar surface area (TPSA) is 35.5 Å². The van der Waals surface area contributed by atoms with Crippen LogP contribution in [0.5, 0.6) is 0 Å². The minimum absolute atomic E-state index is 0.124. The summed E-state index contributed by atoms with van der Waals surface area (Å²) in [7, 11) is 0. The third-order valence-electron chi connectivity index (χ3n) is 1.11. The zero-order valence-corrected chi connectivity index (χ0v) is 8.06. The van der Waals surface area contributed by atoms with Crippen LogP contribution >= 0.6 is 0 Å². The average molecular weight is 214 g/mol. The monoisotopic (exact) mass is 214 g/mol. The van der Waals surface area contributed by atoms with Crippen molar-refractivity contribution >= 4 is 5.78 Å². The van der Waals surface area contributed by atoms with E-state index in [1.807, 2.05) is 0 Å². The summed E-state index contributed by atoms with van der Waals surface area (Å²) in [4.78, 5) is 10.8.